The standard InChI is InChI=1S/C15H15N3O/c1-9-6-12-13(7-10(9)2)18-15(19)14(17-12)8-11-4-3-5-16-11/h3-8,16-17H,1-2H3,(H,18,19). The molecule has 1 aromatic heterocycles. The van der Waals surface area contributed by atoms with Crippen LogP contribution in [-0.2, 0) is 4.79 Å². The second kappa shape index (κ2) is 4.31. The molecule has 96 valence electrons. The largest absolute Gasteiger partial charge is 0.362 e. The molecule has 1 aliphatic rings. The van der Waals surface area contributed by atoms with Gasteiger partial charge in [-0.05, 0) is 55.3 Å². The van der Waals surface area contributed by atoms with Crippen molar-refractivity contribution in [1.29, 1.82) is 0 Å². The van der Waals surface area contributed by atoms with Crippen LogP contribution in [0.2, 0.25) is 0 Å². The van der Waals surface area contributed by atoms with Gasteiger partial charge in [0.25, 0.3) is 5.91 Å². The van der Waals surface area contributed by atoms with E-state index in [4.69, 9.17) is 0 Å². The fourth-order valence-corrected chi connectivity index (χ4v) is 2.11. The number of nitrogens with one attached hydrogen (secondary N) is 3. The highest BCUT2D eigenvalue weighted by Gasteiger charge is 2.20. The summed E-state index contributed by atoms with van der Waals surface area (Å²) in [6.07, 6.45) is 3.63. The van der Waals surface area contributed by atoms with Crippen molar-refractivity contribution in [3.8, 4) is 0 Å². The lowest BCUT2D eigenvalue weighted by atomic mass is 10.1. The minimum Gasteiger partial charge on any atom is -0.362 e. The number of aromatic nitrogens is 1. The molecule has 0 unspecified atom stereocenters. The monoisotopic (exact) mass is 253 g/mol. The predicted molar refractivity (Wildman–Crippen MR) is 76.9 cm³/mol. The molecule has 2 heterocycles. The van der Waals surface area contributed by atoms with Gasteiger partial charge < -0.3 is 15.6 Å². The molecule has 0 bridgehead atoms. The zero-order chi connectivity index (χ0) is 13.4. The first kappa shape index (κ1) is 11.6. The van der Waals surface area contributed by atoms with Crippen molar-refractivity contribution in [2.75, 3.05) is 10.6 Å². The molecule has 0 saturated carbocycles. The summed E-state index contributed by atoms with van der Waals surface area (Å²) in [5.74, 6) is -0.120. The Morgan fingerprint density at radius 1 is 1.05 bits per heavy atom. The summed E-state index contributed by atoms with van der Waals surface area (Å²) in [7, 11) is 0. The first-order valence-electron chi connectivity index (χ1n) is 6.18. The number of benzene rings is 1. The van der Waals surface area contributed by atoms with Crippen molar-refractivity contribution in [3.63, 3.8) is 0 Å². The maximum atomic E-state index is 12.0. The Morgan fingerprint density at radius 2 is 1.74 bits per heavy atom. The number of H-pyrrole nitrogens is 1. The Hall–Kier alpha value is -2.49. The van der Waals surface area contributed by atoms with Gasteiger partial charge in [0, 0.05) is 11.9 Å². The van der Waals surface area contributed by atoms with E-state index in [1.54, 1.807) is 6.08 Å². The minimum absolute atomic E-state index is 0.120. The Morgan fingerprint density at radius 3 is 2.37 bits per heavy atom. The Kier molecular flexibility index (Phi) is 2.63. The smallest absolute Gasteiger partial charge is 0.272 e. The van der Waals surface area contributed by atoms with Crippen LogP contribution >= 0.6 is 0 Å². The SMILES string of the molecule is Cc1cc2c(cc1C)NC(=Cc1ccc[nH]1)C(=O)N2. The van der Waals surface area contributed by atoms with Crippen molar-refractivity contribution < 1.29 is 4.79 Å². The summed E-state index contributed by atoms with van der Waals surface area (Å²) < 4.78 is 0. The molecule has 0 spiro atoms. The van der Waals surface area contributed by atoms with Crippen LogP contribution in [0, 0.1) is 13.8 Å². The van der Waals surface area contributed by atoms with E-state index in [9.17, 15) is 4.79 Å². The fourth-order valence-electron chi connectivity index (χ4n) is 2.11. The molecule has 3 N–H and O–H groups in total. The van der Waals surface area contributed by atoms with Crippen LogP contribution in [0.25, 0.3) is 6.08 Å². The molecule has 1 aliphatic heterocycles. The third kappa shape index (κ3) is 2.12. The number of fused-ring (bicyclic) bond motifs is 1. The van der Waals surface area contributed by atoms with Crippen molar-refractivity contribution in [2.45, 2.75) is 13.8 Å². The second-order valence-electron chi connectivity index (χ2n) is 4.74. The van der Waals surface area contributed by atoms with Gasteiger partial charge in [0.1, 0.15) is 5.70 Å². The molecule has 0 atom stereocenters. The topological polar surface area (TPSA) is 56.9 Å². The summed E-state index contributed by atoms with van der Waals surface area (Å²) in [4.78, 5) is 15.1. The summed E-state index contributed by atoms with van der Waals surface area (Å²) in [6, 6.07) is 7.85. The quantitative estimate of drug-likeness (QED) is 0.684. The van der Waals surface area contributed by atoms with Gasteiger partial charge in [0.05, 0.1) is 11.4 Å². The molecule has 4 heteroatoms. The predicted octanol–water partition coefficient (Wildman–Crippen LogP) is 3.04. The molecule has 3 rings (SSSR count). The highest BCUT2D eigenvalue weighted by molar-refractivity contribution is 6.13. The molecule has 1 aromatic carbocycles. The average Bonchev–Trinajstić information content (AvgIpc) is 2.86. The third-order valence-electron chi connectivity index (χ3n) is 3.32. The molecular weight excluding hydrogens is 238 g/mol. The Bertz CT molecular complexity index is 669. The molecule has 2 aromatic rings. The van der Waals surface area contributed by atoms with E-state index in [1.807, 2.05) is 37.4 Å². The van der Waals surface area contributed by atoms with Gasteiger partial charge >= 0.3 is 0 Å². The van der Waals surface area contributed by atoms with Crippen LogP contribution in [0.15, 0.2) is 36.2 Å². The molecule has 4 nitrogen and oxygen atoms in total. The van der Waals surface area contributed by atoms with E-state index in [1.165, 1.54) is 5.56 Å². The Balaban J connectivity index is 2.00. The fraction of sp³-hybridized carbons (Fsp3) is 0.133. The zero-order valence-electron chi connectivity index (χ0n) is 10.9. The van der Waals surface area contributed by atoms with Crippen molar-refractivity contribution in [1.82, 2.24) is 4.98 Å². The van der Waals surface area contributed by atoms with E-state index in [2.05, 4.69) is 22.5 Å². The van der Waals surface area contributed by atoms with Crippen LogP contribution in [0.1, 0.15) is 16.8 Å². The number of aryl methyl sites for hydroxylation is 2. The van der Waals surface area contributed by atoms with Crippen molar-refractivity contribution >= 4 is 23.4 Å². The van der Waals surface area contributed by atoms with Gasteiger partial charge in [-0.3, -0.25) is 4.79 Å². The van der Waals surface area contributed by atoms with E-state index >= 15 is 0 Å². The number of aromatic amines is 1. The third-order valence-corrected chi connectivity index (χ3v) is 3.32. The van der Waals surface area contributed by atoms with Crippen molar-refractivity contribution in [3.05, 3.63) is 53.0 Å². The van der Waals surface area contributed by atoms with Gasteiger partial charge in [-0.15, -0.1) is 0 Å². The van der Waals surface area contributed by atoms with Crippen LogP contribution < -0.4 is 10.6 Å². The number of hydrogen-bond donors (Lipinski definition) is 3. The Labute approximate surface area is 111 Å². The number of rotatable bonds is 1. The summed E-state index contributed by atoms with van der Waals surface area (Å²) in [5.41, 5.74) is 5.56. The van der Waals surface area contributed by atoms with Gasteiger partial charge in [-0.2, -0.15) is 0 Å². The lowest BCUT2D eigenvalue weighted by Crippen LogP contribution is -2.25. The van der Waals surface area contributed by atoms with Crippen LogP contribution in [-0.4, -0.2) is 10.9 Å². The second-order valence-corrected chi connectivity index (χ2v) is 4.74. The van der Waals surface area contributed by atoms with Gasteiger partial charge in [0.2, 0.25) is 0 Å². The lowest BCUT2D eigenvalue weighted by Gasteiger charge is -2.22. The van der Waals surface area contributed by atoms with E-state index in [0.717, 1.165) is 22.6 Å². The molecule has 0 aliphatic carbocycles. The molecular formula is C15H15N3O. The van der Waals surface area contributed by atoms with E-state index in [-0.39, 0.29) is 5.91 Å². The molecule has 19 heavy (non-hydrogen) atoms. The van der Waals surface area contributed by atoms with Crippen LogP contribution in [0.5, 0.6) is 0 Å². The minimum atomic E-state index is -0.120. The van der Waals surface area contributed by atoms with Crippen molar-refractivity contribution in [2.24, 2.45) is 0 Å². The van der Waals surface area contributed by atoms with Gasteiger partial charge in [0.15, 0.2) is 0 Å². The lowest BCUT2D eigenvalue weighted by molar-refractivity contribution is -0.112. The molecule has 0 radical (unpaired) electrons. The maximum absolute atomic E-state index is 12.0. The molecule has 1 amide bonds. The number of amides is 1. The zero-order valence-corrected chi connectivity index (χ0v) is 10.9. The highest BCUT2D eigenvalue weighted by atomic mass is 16.2. The summed E-state index contributed by atoms with van der Waals surface area (Å²) in [6.45, 7) is 4.09. The summed E-state index contributed by atoms with van der Waals surface area (Å²) >= 11 is 0. The highest BCUT2D eigenvalue weighted by Crippen LogP contribution is 2.31. The first-order valence-corrected chi connectivity index (χ1v) is 6.18. The number of carbonyl (C=O) groups is 1. The van der Waals surface area contributed by atoms with E-state index < -0.39 is 0 Å². The average molecular weight is 253 g/mol. The van der Waals surface area contributed by atoms with Gasteiger partial charge in [-0.1, -0.05) is 0 Å². The number of hydrogen-bond acceptors (Lipinski definition) is 2. The number of anilines is 2. The van der Waals surface area contributed by atoms with Gasteiger partial charge in [-0.25, -0.2) is 0 Å². The first-order chi connectivity index (χ1) is 9.13. The normalized spacial score (nSPS) is 15.9. The van der Waals surface area contributed by atoms with Crippen LogP contribution in [0.3, 0.4) is 0 Å². The summed E-state index contributed by atoms with van der Waals surface area (Å²) in [5, 5.41) is 6.09. The van der Waals surface area contributed by atoms with E-state index in [0.29, 0.717) is 5.70 Å². The number of carbonyl (C=O) groups excluding carboxylic acids is 1. The maximum Gasteiger partial charge on any atom is 0.272 e. The van der Waals surface area contributed by atoms with Crippen LogP contribution in [0.4, 0.5) is 11.4 Å². The molecule has 0 saturated heterocycles. The molecule has 0 fully saturated rings.